The number of likely N-dealkylation sites (tertiary alicyclic amines) is 1. The summed E-state index contributed by atoms with van der Waals surface area (Å²) in [4.78, 5) is 16.8. The van der Waals surface area contributed by atoms with Crippen LogP contribution in [0.3, 0.4) is 0 Å². The highest BCUT2D eigenvalue weighted by atomic mass is 32.1. The number of hydrogen-bond acceptors (Lipinski definition) is 5. The Hall–Kier alpha value is -1.35. The molecule has 2 rings (SSSR count). The lowest BCUT2D eigenvalue weighted by molar-refractivity contribution is -0.134. The normalized spacial score (nSPS) is 17.2. The number of aromatic nitrogens is 1. The number of amides is 1. The molecule has 1 saturated heterocycles. The van der Waals surface area contributed by atoms with E-state index in [1.807, 2.05) is 6.92 Å². The number of thiazole rings is 1. The number of carbonyl (C=O) groups is 1. The minimum absolute atomic E-state index is 0.0213. The topological polar surface area (TPSA) is 57.3 Å². The fourth-order valence-corrected chi connectivity index (χ4v) is 3.17. The summed E-state index contributed by atoms with van der Waals surface area (Å²) < 4.78 is 37.6. The molecule has 1 aliphatic rings. The maximum absolute atomic E-state index is 12.5. The van der Waals surface area contributed by atoms with E-state index in [0.29, 0.717) is 29.6 Å². The third-order valence-electron chi connectivity index (χ3n) is 3.64. The number of nitrogens with one attached hydrogen (secondary N) is 2. The SMILES string of the molecule is CCCNC(=O)CN1CCC(Nc2ncc(C(F)(F)F)s2)CC1. The molecule has 1 amide bonds. The molecule has 0 saturated carbocycles. The zero-order chi connectivity index (χ0) is 16.9. The number of alkyl halides is 3. The Kier molecular flexibility index (Phi) is 6.23. The Balaban J connectivity index is 1.74. The lowest BCUT2D eigenvalue weighted by Gasteiger charge is -2.31. The maximum atomic E-state index is 12.5. The molecule has 5 nitrogen and oxygen atoms in total. The van der Waals surface area contributed by atoms with Crippen LogP contribution in [0.25, 0.3) is 0 Å². The number of piperidine rings is 1. The lowest BCUT2D eigenvalue weighted by Crippen LogP contribution is -2.44. The molecule has 0 aliphatic carbocycles. The predicted octanol–water partition coefficient (Wildman–Crippen LogP) is 2.56. The highest BCUT2D eigenvalue weighted by Crippen LogP contribution is 2.35. The summed E-state index contributed by atoms with van der Waals surface area (Å²) in [6.07, 6.45) is -1.01. The van der Waals surface area contributed by atoms with Crippen LogP contribution in [0, 0.1) is 0 Å². The second kappa shape index (κ2) is 7.96. The van der Waals surface area contributed by atoms with Gasteiger partial charge in [0, 0.05) is 25.7 Å². The van der Waals surface area contributed by atoms with Crippen LogP contribution in [0.15, 0.2) is 6.20 Å². The molecule has 9 heteroatoms. The molecule has 1 aliphatic heterocycles. The predicted molar refractivity (Wildman–Crippen MR) is 83.5 cm³/mol. The average molecular weight is 350 g/mol. The third kappa shape index (κ3) is 5.65. The lowest BCUT2D eigenvalue weighted by atomic mass is 10.1. The standard InChI is InChI=1S/C14H21F3N4OS/c1-2-5-18-12(22)9-21-6-3-10(4-7-21)20-13-19-8-11(23-13)14(15,16)17/h8,10H,2-7,9H2,1H3,(H,18,22)(H,19,20). The first-order chi connectivity index (χ1) is 10.9. The molecule has 1 aromatic rings. The van der Waals surface area contributed by atoms with Crippen molar-refractivity contribution in [2.24, 2.45) is 0 Å². The Morgan fingerprint density at radius 1 is 1.43 bits per heavy atom. The summed E-state index contributed by atoms with van der Waals surface area (Å²) in [5, 5.41) is 6.20. The number of hydrogen-bond donors (Lipinski definition) is 2. The highest BCUT2D eigenvalue weighted by Gasteiger charge is 2.33. The van der Waals surface area contributed by atoms with E-state index in [2.05, 4.69) is 20.5 Å². The molecule has 1 aromatic heterocycles. The van der Waals surface area contributed by atoms with Crippen LogP contribution < -0.4 is 10.6 Å². The van der Waals surface area contributed by atoms with Gasteiger partial charge in [-0.15, -0.1) is 0 Å². The number of halogens is 3. The zero-order valence-corrected chi connectivity index (χ0v) is 13.8. The van der Waals surface area contributed by atoms with Crippen LogP contribution in [-0.2, 0) is 11.0 Å². The van der Waals surface area contributed by atoms with Crippen molar-refractivity contribution in [1.29, 1.82) is 0 Å². The molecule has 0 aromatic carbocycles. The molecular formula is C14H21F3N4OS. The van der Waals surface area contributed by atoms with E-state index in [4.69, 9.17) is 0 Å². The first kappa shape index (κ1) is 18.0. The monoisotopic (exact) mass is 350 g/mol. The first-order valence-electron chi connectivity index (χ1n) is 7.67. The molecule has 0 radical (unpaired) electrons. The summed E-state index contributed by atoms with van der Waals surface area (Å²) in [5.41, 5.74) is 0. The van der Waals surface area contributed by atoms with Crippen LogP contribution in [0.5, 0.6) is 0 Å². The molecule has 2 heterocycles. The Labute approximate surface area is 137 Å². The van der Waals surface area contributed by atoms with Crippen molar-refractivity contribution < 1.29 is 18.0 Å². The van der Waals surface area contributed by atoms with E-state index < -0.39 is 11.1 Å². The van der Waals surface area contributed by atoms with Crippen LogP contribution in [-0.4, -0.2) is 48.0 Å². The molecule has 0 unspecified atom stereocenters. The van der Waals surface area contributed by atoms with Crippen molar-refractivity contribution in [1.82, 2.24) is 15.2 Å². The number of carbonyl (C=O) groups excluding carboxylic acids is 1. The van der Waals surface area contributed by atoms with Crippen molar-refractivity contribution in [3.05, 3.63) is 11.1 Å². The largest absolute Gasteiger partial charge is 0.427 e. The second-order valence-electron chi connectivity index (χ2n) is 5.57. The second-order valence-corrected chi connectivity index (χ2v) is 6.60. The molecular weight excluding hydrogens is 329 g/mol. The smallest absolute Gasteiger partial charge is 0.359 e. The van der Waals surface area contributed by atoms with Gasteiger partial charge in [0.2, 0.25) is 5.91 Å². The van der Waals surface area contributed by atoms with Crippen molar-refractivity contribution in [2.45, 2.75) is 38.4 Å². The molecule has 1 fully saturated rings. The minimum Gasteiger partial charge on any atom is -0.359 e. The molecule has 130 valence electrons. The van der Waals surface area contributed by atoms with Crippen molar-refractivity contribution in [2.75, 3.05) is 31.5 Å². The van der Waals surface area contributed by atoms with Gasteiger partial charge in [-0.25, -0.2) is 4.98 Å². The van der Waals surface area contributed by atoms with Gasteiger partial charge in [0.05, 0.1) is 12.7 Å². The Morgan fingerprint density at radius 2 is 2.13 bits per heavy atom. The van der Waals surface area contributed by atoms with Gasteiger partial charge in [0.15, 0.2) is 5.13 Å². The van der Waals surface area contributed by atoms with Crippen LogP contribution >= 0.6 is 11.3 Å². The molecule has 2 N–H and O–H groups in total. The van der Waals surface area contributed by atoms with E-state index >= 15 is 0 Å². The quantitative estimate of drug-likeness (QED) is 0.828. The van der Waals surface area contributed by atoms with E-state index in [-0.39, 0.29) is 11.9 Å². The maximum Gasteiger partial charge on any atom is 0.427 e. The van der Waals surface area contributed by atoms with Gasteiger partial charge < -0.3 is 10.6 Å². The van der Waals surface area contributed by atoms with Gasteiger partial charge in [0.1, 0.15) is 4.88 Å². The highest BCUT2D eigenvalue weighted by molar-refractivity contribution is 7.15. The summed E-state index contributed by atoms with van der Waals surface area (Å²) >= 11 is 0.629. The van der Waals surface area contributed by atoms with E-state index in [1.54, 1.807) is 0 Å². The van der Waals surface area contributed by atoms with Gasteiger partial charge in [-0.2, -0.15) is 13.2 Å². The average Bonchev–Trinajstić information content (AvgIpc) is 2.96. The van der Waals surface area contributed by atoms with E-state index in [1.165, 1.54) is 0 Å². The summed E-state index contributed by atoms with van der Waals surface area (Å²) in [7, 11) is 0. The zero-order valence-electron chi connectivity index (χ0n) is 12.9. The fraction of sp³-hybridized carbons (Fsp3) is 0.714. The van der Waals surface area contributed by atoms with Crippen molar-refractivity contribution in [3.63, 3.8) is 0 Å². The van der Waals surface area contributed by atoms with E-state index in [0.717, 1.165) is 38.5 Å². The van der Waals surface area contributed by atoms with Gasteiger partial charge >= 0.3 is 6.18 Å². The van der Waals surface area contributed by atoms with Crippen LogP contribution in [0.4, 0.5) is 18.3 Å². The van der Waals surface area contributed by atoms with Crippen LogP contribution in [0.1, 0.15) is 31.1 Å². The Bertz CT molecular complexity index is 512. The van der Waals surface area contributed by atoms with Crippen LogP contribution in [0.2, 0.25) is 0 Å². The molecule has 0 atom stereocenters. The number of anilines is 1. The van der Waals surface area contributed by atoms with E-state index in [9.17, 15) is 18.0 Å². The summed E-state index contributed by atoms with van der Waals surface area (Å²) in [5.74, 6) is 0.0213. The van der Waals surface area contributed by atoms with Crippen molar-refractivity contribution >= 4 is 22.4 Å². The van der Waals surface area contributed by atoms with Gasteiger partial charge in [-0.1, -0.05) is 18.3 Å². The molecule has 0 bridgehead atoms. The summed E-state index contributed by atoms with van der Waals surface area (Å²) in [6.45, 7) is 4.55. The third-order valence-corrected chi connectivity index (χ3v) is 4.61. The van der Waals surface area contributed by atoms with Gasteiger partial charge in [-0.3, -0.25) is 9.69 Å². The van der Waals surface area contributed by atoms with Crippen molar-refractivity contribution in [3.8, 4) is 0 Å². The fourth-order valence-electron chi connectivity index (χ4n) is 2.41. The number of nitrogens with zero attached hydrogens (tertiary/aromatic N) is 2. The molecule has 23 heavy (non-hydrogen) atoms. The van der Waals surface area contributed by atoms with Gasteiger partial charge in [0.25, 0.3) is 0 Å². The van der Waals surface area contributed by atoms with Gasteiger partial charge in [-0.05, 0) is 19.3 Å². The molecule has 0 spiro atoms. The minimum atomic E-state index is -4.34. The Morgan fingerprint density at radius 3 is 2.70 bits per heavy atom. The summed E-state index contributed by atoms with van der Waals surface area (Å²) in [6, 6.07) is 0.0946. The number of rotatable bonds is 6. The first-order valence-corrected chi connectivity index (χ1v) is 8.48.